The van der Waals surface area contributed by atoms with Crippen LogP contribution in [0.3, 0.4) is 0 Å². The summed E-state index contributed by atoms with van der Waals surface area (Å²) in [7, 11) is 0. The van der Waals surface area contributed by atoms with Gasteiger partial charge in [-0.25, -0.2) is 9.59 Å². The molecular weight excluding hydrogens is 336 g/mol. The predicted octanol–water partition coefficient (Wildman–Crippen LogP) is 5.35. The number of hydrogen-bond acceptors (Lipinski definition) is 6. The van der Waals surface area contributed by atoms with E-state index >= 15 is 0 Å². The van der Waals surface area contributed by atoms with Crippen molar-refractivity contribution >= 4 is 11.9 Å². The van der Waals surface area contributed by atoms with Gasteiger partial charge in [0.2, 0.25) is 0 Å². The normalized spacial score (nSPS) is 15.4. The fourth-order valence-electron chi connectivity index (χ4n) is 2.04. The second-order valence-electron chi connectivity index (χ2n) is 8.50. The van der Waals surface area contributed by atoms with Gasteiger partial charge in [-0.2, -0.15) is 0 Å². The Hall–Kier alpha value is -1.14. The Morgan fingerprint density at radius 3 is 1.96 bits per heavy atom. The quantitative estimate of drug-likeness (QED) is 0.260. The molecule has 0 spiro atoms. The number of carbonyl (C=O) groups is 2. The van der Waals surface area contributed by atoms with E-state index in [9.17, 15) is 9.59 Å². The molecule has 0 amide bonds. The fourth-order valence-corrected chi connectivity index (χ4v) is 2.04. The van der Waals surface area contributed by atoms with E-state index in [1.807, 2.05) is 6.92 Å². The SMILES string of the molecule is CCCCC(CC)C(=O)OOC(C)(CCC(C)C)OOC(=O)C(C)(C)C. The van der Waals surface area contributed by atoms with Crippen LogP contribution in [0.25, 0.3) is 0 Å². The van der Waals surface area contributed by atoms with Crippen LogP contribution >= 0.6 is 0 Å². The number of hydrogen-bond donors (Lipinski definition) is 0. The molecule has 0 heterocycles. The standard InChI is InChI=1S/C20H38O6/c1-9-11-12-16(10-2)17(21)23-25-20(8,14-13-15(3)4)26-24-18(22)19(5,6)7/h15-16H,9-14H2,1-8H3. The van der Waals surface area contributed by atoms with Crippen molar-refractivity contribution < 1.29 is 29.1 Å². The van der Waals surface area contributed by atoms with E-state index in [4.69, 9.17) is 19.6 Å². The Bertz CT molecular complexity index is 427. The molecule has 0 saturated carbocycles. The van der Waals surface area contributed by atoms with Crippen LogP contribution in [0.1, 0.15) is 93.9 Å². The molecule has 2 atom stereocenters. The van der Waals surface area contributed by atoms with Gasteiger partial charge in [0.1, 0.15) is 0 Å². The van der Waals surface area contributed by atoms with Gasteiger partial charge in [0.05, 0.1) is 11.3 Å². The van der Waals surface area contributed by atoms with Crippen LogP contribution < -0.4 is 0 Å². The number of rotatable bonds is 12. The lowest BCUT2D eigenvalue weighted by Crippen LogP contribution is -2.37. The fraction of sp³-hybridized carbons (Fsp3) is 0.900. The minimum atomic E-state index is -1.34. The number of carbonyl (C=O) groups excluding carboxylic acids is 2. The largest absolute Gasteiger partial charge is 0.347 e. The van der Waals surface area contributed by atoms with Crippen molar-refractivity contribution in [2.24, 2.45) is 17.3 Å². The molecule has 0 aromatic heterocycles. The van der Waals surface area contributed by atoms with Crippen molar-refractivity contribution in [3.8, 4) is 0 Å². The van der Waals surface area contributed by atoms with Crippen LogP contribution in [-0.2, 0) is 29.1 Å². The summed E-state index contributed by atoms with van der Waals surface area (Å²) < 4.78 is 0. The van der Waals surface area contributed by atoms with Gasteiger partial charge < -0.3 is 0 Å². The maximum Gasteiger partial charge on any atom is 0.347 e. The molecule has 0 rings (SSSR count). The molecule has 26 heavy (non-hydrogen) atoms. The van der Waals surface area contributed by atoms with Gasteiger partial charge in [-0.1, -0.05) is 40.5 Å². The Balaban J connectivity index is 4.84. The van der Waals surface area contributed by atoms with E-state index < -0.39 is 23.1 Å². The maximum absolute atomic E-state index is 12.3. The summed E-state index contributed by atoms with van der Waals surface area (Å²) in [5.41, 5.74) is -0.705. The second kappa shape index (κ2) is 11.5. The summed E-state index contributed by atoms with van der Waals surface area (Å²) >= 11 is 0. The predicted molar refractivity (Wildman–Crippen MR) is 99.6 cm³/mol. The van der Waals surface area contributed by atoms with Crippen molar-refractivity contribution in [2.75, 3.05) is 0 Å². The van der Waals surface area contributed by atoms with Gasteiger partial charge in [0.15, 0.2) is 0 Å². The lowest BCUT2D eigenvalue weighted by molar-refractivity contribution is -0.479. The van der Waals surface area contributed by atoms with E-state index in [2.05, 4.69) is 20.8 Å². The molecule has 6 nitrogen and oxygen atoms in total. The Labute approximate surface area is 158 Å². The molecule has 0 aliphatic carbocycles. The molecule has 154 valence electrons. The maximum atomic E-state index is 12.3. The minimum absolute atomic E-state index is 0.207. The van der Waals surface area contributed by atoms with Crippen LogP contribution in [-0.4, -0.2) is 17.7 Å². The Kier molecular flexibility index (Phi) is 11.0. The Morgan fingerprint density at radius 1 is 0.923 bits per heavy atom. The zero-order chi connectivity index (χ0) is 20.4. The average molecular weight is 375 g/mol. The molecule has 0 N–H and O–H groups in total. The van der Waals surface area contributed by atoms with Crippen molar-refractivity contribution in [3.05, 3.63) is 0 Å². The molecule has 2 unspecified atom stereocenters. The highest BCUT2D eigenvalue weighted by molar-refractivity contribution is 5.74. The second-order valence-corrected chi connectivity index (χ2v) is 8.50. The van der Waals surface area contributed by atoms with Crippen LogP contribution in [0.5, 0.6) is 0 Å². The summed E-state index contributed by atoms with van der Waals surface area (Å²) in [6.07, 6.45) is 4.60. The third-order valence-corrected chi connectivity index (χ3v) is 4.11. The molecule has 6 heteroatoms. The van der Waals surface area contributed by atoms with Gasteiger partial charge in [-0.15, -0.1) is 9.78 Å². The van der Waals surface area contributed by atoms with Crippen molar-refractivity contribution in [1.82, 2.24) is 0 Å². The highest BCUT2D eigenvalue weighted by atomic mass is 17.3. The van der Waals surface area contributed by atoms with E-state index in [0.29, 0.717) is 18.8 Å². The van der Waals surface area contributed by atoms with Gasteiger partial charge in [-0.3, -0.25) is 9.78 Å². The van der Waals surface area contributed by atoms with Crippen LogP contribution in [0.2, 0.25) is 0 Å². The van der Waals surface area contributed by atoms with Gasteiger partial charge in [0, 0.05) is 6.42 Å². The van der Waals surface area contributed by atoms with Crippen LogP contribution in [0.15, 0.2) is 0 Å². The van der Waals surface area contributed by atoms with Crippen LogP contribution in [0.4, 0.5) is 0 Å². The summed E-state index contributed by atoms with van der Waals surface area (Å²) in [5, 5.41) is 0. The first-order valence-electron chi connectivity index (χ1n) is 9.74. The van der Waals surface area contributed by atoms with E-state index in [1.165, 1.54) is 0 Å². The summed E-state index contributed by atoms with van der Waals surface area (Å²) in [4.78, 5) is 44.8. The third-order valence-electron chi connectivity index (χ3n) is 4.11. The average Bonchev–Trinajstić information content (AvgIpc) is 2.56. The van der Waals surface area contributed by atoms with Gasteiger partial charge in [0.25, 0.3) is 5.79 Å². The van der Waals surface area contributed by atoms with Gasteiger partial charge >= 0.3 is 11.9 Å². The molecule has 0 aliphatic rings. The highest BCUT2D eigenvalue weighted by Gasteiger charge is 2.36. The molecular formula is C20H38O6. The smallest absolute Gasteiger partial charge is 0.295 e. The van der Waals surface area contributed by atoms with Crippen molar-refractivity contribution in [2.45, 2.75) is 99.7 Å². The molecule has 0 bridgehead atoms. The zero-order valence-corrected chi connectivity index (χ0v) is 17.8. The van der Waals surface area contributed by atoms with E-state index in [0.717, 1.165) is 25.7 Å². The van der Waals surface area contributed by atoms with Crippen LogP contribution in [0, 0.1) is 17.3 Å². The topological polar surface area (TPSA) is 71.1 Å². The zero-order valence-electron chi connectivity index (χ0n) is 17.8. The number of unbranched alkanes of at least 4 members (excludes halogenated alkanes) is 1. The highest BCUT2D eigenvalue weighted by Crippen LogP contribution is 2.26. The van der Waals surface area contributed by atoms with E-state index in [1.54, 1.807) is 27.7 Å². The lowest BCUT2D eigenvalue weighted by Gasteiger charge is -2.28. The first-order valence-corrected chi connectivity index (χ1v) is 9.74. The summed E-state index contributed by atoms with van der Waals surface area (Å²) in [5.74, 6) is -2.09. The molecule has 0 aromatic carbocycles. The van der Waals surface area contributed by atoms with E-state index in [-0.39, 0.29) is 5.92 Å². The molecule has 0 radical (unpaired) electrons. The van der Waals surface area contributed by atoms with Crippen molar-refractivity contribution in [1.29, 1.82) is 0 Å². The first-order chi connectivity index (χ1) is 11.9. The van der Waals surface area contributed by atoms with Crippen molar-refractivity contribution in [3.63, 3.8) is 0 Å². The monoisotopic (exact) mass is 374 g/mol. The Morgan fingerprint density at radius 2 is 1.50 bits per heavy atom. The molecule has 0 saturated heterocycles. The molecule has 0 aliphatic heterocycles. The van der Waals surface area contributed by atoms with Gasteiger partial charge in [-0.05, 0) is 52.9 Å². The minimum Gasteiger partial charge on any atom is -0.295 e. The molecule has 0 aromatic rings. The lowest BCUT2D eigenvalue weighted by atomic mass is 9.98. The summed E-state index contributed by atoms with van der Waals surface area (Å²) in [6.45, 7) is 14.9. The summed E-state index contributed by atoms with van der Waals surface area (Å²) in [6, 6.07) is 0. The third kappa shape index (κ3) is 10.1. The first kappa shape index (κ1) is 24.9. The molecule has 0 fully saturated rings.